The number of nitrogen functional groups attached to an aromatic ring is 1. The molecule has 0 spiro atoms. The molecule has 0 saturated carbocycles. The van der Waals surface area contributed by atoms with E-state index in [0.29, 0.717) is 0 Å². The van der Waals surface area contributed by atoms with Crippen LogP contribution in [0.2, 0.25) is 0 Å². The van der Waals surface area contributed by atoms with E-state index in [1.165, 1.54) is 6.07 Å². The van der Waals surface area contributed by atoms with Crippen LogP contribution in [0, 0.1) is 0 Å². The van der Waals surface area contributed by atoms with Crippen molar-refractivity contribution in [3.8, 4) is 5.75 Å². The molecule has 0 radical (unpaired) electrons. The van der Waals surface area contributed by atoms with Crippen LogP contribution in [-0.2, 0) is 15.7 Å². The van der Waals surface area contributed by atoms with E-state index in [0.717, 1.165) is 12.1 Å². The number of carbonyl (C=O) groups excluding carboxylic acids is 1. The molecule has 0 amide bonds. The number of hydrogen-bond acceptors (Lipinski definition) is 4. The molecule has 1 aromatic rings. The SMILES string of the molecule is CCOC(=O)COc1ccc(N)c(C(F)(F)F)c1. The highest BCUT2D eigenvalue weighted by atomic mass is 19.4. The lowest BCUT2D eigenvalue weighted by Crippen LogP contribution is -2.15. The van der Waals surface area contributed by atoms with Crippen molar-refractivity contribution in [3.63, 3.8) is 0 Å². The Morgan fingerprint density at radius 2 is 2.06 bits per heavy atom. The van der Waals surface area contributed by atoms with Crippen molar-refractivity contribution >= 4 is 11.7 Å². The minimum Gasteiger partial charge on any atom is -0.482 e. The van der Waals surface area contributed by atoms with Crippen LogP contribution in [0.4, 0.5) is 18.9 Å². The molecule has 0 bridgehead atoms. The predicted molar refractivity (Wildman–Crippen MR) is 58.0 cm³/mol. The smallest absolute Gasteiger partial charge is 0.418 e. The maximum absolute atomic E-state index is 12.5. The second-order valence-corrected chi connectivity index (χ2v) is 3.34. The van der Waals surface area contributed by atoms with Crippen molar-refractivity contribution in [2.45, 2.75) is 13.1 Å². The summed E-state index contributed by atoms with van der Waals surface area (Å²) >= 11 is 0. The number of nitrogens with two attached hydrogens (primary N) is 1. The van der Waals surface area contributed by atoms with Crippen molar-refractivity contribution in [1.82, 2.24) is 0 Å². The Hall–Kier alpha value is -1.92. The zero-order valence-electron chi connectivity index (χ0n) is 9.58. The summed E-state index contributed by atoms with van der Waals surface area (Å²) in [7, 11) is 0. The summed E-state index contributed by atoms with van der Waals surface area (Å²) in [6.45, 7) is 1.34. The first-order chi connectivity index (χ1) is 8.34. The fourth-order valence-corrected chi connectivity index (χ4v) is 1.22. The van der Waals surface area contributed by atoms with Gasteiger partial charge in [0.05, 0.1) is 12.2 Å². The molecule has 7 heteroatoms. The molecule has 0 aliphatic carbocycles. The third-order valence-electron chi connectivity index (χ3n) is 1.99. The van der Waals surface area contributed by atoms with Crippen LogP contribution in [-0.4, -0.2) is 19.2 Å². The maximum Gasteiger partial charge on any atom is 0.418 e. The molecule has 0 heterocycles. The van der Waals surface area contributed by atoms with E-state index in [1.807, 2.05) is 0 Å². The Morgan fingerprint density at radius 1 is 1.39 bits per heavy atom. The quantitative estimate of drug-likeness (QED) is 0.668. The molecule has 0 aliphatic heterocycles. The van der Waals surface area contributed by atoms with Crippen LogP contribution in [0.3, 0.4) is 0 Å². The average Bonchev–Trinajstić information content (AvgIpc) is 2.27. The molecule has 0 saturated heterocycles. The summed E-state index contributed by atoms with van der Waals surface area (Å²) in [6.07, 6.45) is -4.56. The number of carbonyl (C=O) groups is 1. The van der Waals surface area contributed by atoms with E-state index in [1.54, 1.807) is 6.92 Å². The van der Waals surface area contributed by atoms with Crippen LogP contribution in [0.25, 0.3) is 0 Å². The number of halogens is 3. The lowest BCUT2D eigenvalue weighted by atomic mass is 10.1. The Kier molecular flexibility index (Phi) is 4.41. The van der Waals surface area contributed by atoms with Gasteiger partial charge in [0.2, 0.25) is 0 Å². The second kappa shape index (κ2) is 5.61. The van der Waals surface area contributed by atoms with Gasteiger partial charge >= 0.3 is 12.1 Å². The third-order valence-corrected chi connectivity index (χ3v) is 1.99. The van der Waals surface area contributed by atoms with Gasteiger partial charge in [-0.2, -0.15) is 13.2 Å². The molecule has 18 heavy (non-hydrogen) atoms. The third kappa shape index (κ3) is 3.83. The molecule has 0 atom stereocenters. The summed E-state index contributed by atoms with van der Waals surface area (Å²) in [6, 6.07) is 3.07. The lowest BCUT2D eigenvalue weighted by Gasteiger charge is -2.12. The molecule has 0 fully saturated rings. The summed E-state index contributed by atoms with van der Waals surface area (Å²) in [5.74, 6) is -0.743. The molecular formula is C11H12F3NO3. The Morgan fingerprint density at radius 3 is 2.61 bits per heavy atom. The minimum absolute atomic E-state index is 0.0930. The van der Waals surface area contributed by atoms with Gasteiger partial charge in [-0.05, 0) is 25.1 Å². The van der Waals surface area contributed by atoms with Gasteiger partial charge in [0, 0.05) is 5.69 Å². The maximum atomic E-state index is 12.5. The molecule has 2 N–H and O–H groups in total. The van der Waals surface area contributed by atoms with Crippen LogP contribution < -0.4 is 10.5 Å². The van der Waals surface area contributed by atoms with Crippen molar-refractivity contribution in [1.29, 1.82) is 0 Å². The molecule has 1 aromatic carbocycles. The number of alkyl halides is 3. The number of ether oxygens (including phenoxy) is 2. The number of hydrogen-bond donors (Lipinski definition) is 1. The first-order valence-electron chi connectivity index (χ1n) is 5.09. The lowest BCUT2D eigenvalue weighted by molar-refractivity contribution is -0.145. The van der Waals surface area contributed by atoms with E-state index >= 15 is 0 Å². The second-order valence-electron chi connectivity index (χ2n) is 3.34. The molecule has 0 unspecified atom stereocenters. The summed E-state index contributed by atoms with van der Waals surface area (Å²) in [4.78, 5) is 11.0. The van der Waals surface area contributed by atoms with Crippen molar-refractivity contribution < 1.29 is 27.4 Å². The molecule has 1 rings (SSSR count). The Bertz CT molecular complexity index is 432. The predicted octanol–water partition coefficient (Wildman–Crippen LogP) is 2.23. The van der Waals surface area contributed by atoms with Gasteiger partial charge in [-0.1, -0.05) is 0 Å². The van der Waals surface area contributed by atoms with Gasteiger partial charge in [0.1, 0.15) is 5.75 Å². The monoisotopic (exact) mass is 263 g/mol. The van der Waals surface area contributed by atoms with Crippen molar-refractivity contribution in [3.05, 3.63) is 23.8 Å². The topological polar surface area (TPSA) is 61.5 Å². The number of benzene rings is 1. The molecular weight excluding hydrogens is 251 g/mol. The summed E-state index contributed by atoms with van der Waals surface area (Å²) in [5, 5.41) is 0. The number of rotatable bonds is 4. The van der Waals surface area contributed by atoms with Gasteiger partial charge in [0.15, 0.2) is 6.61 Å². The molecule has 100 valence electrons. The van der Waals surface area contributed by atoms with E-state index in [4.69, 9.17) is 10.5 Å². The van der Waals surface area contributed by atoms with E-state index < -0.39 is 30.0 Å². The van der Waals surface area contributed by atoms with Crippen LogP contribution in [0.15, 0.2) is 18.2 Å². The first kappa shape index (κ1) is 14.1. The van der Waals surface area contributed by atoms with Crippen LogP contribution in [0.5, 0.6) is 5.75 Å². The largest absolute Gasteiger partial charge is 0.482 e. The molecule has 4 nitrogen and oxygen atoms in total. The van der Waals surface area contributed by atoms with Gasteiger partial charge in [-0.3, -0.25) is 0 Å². The normalized spacial score (nSPS) is 11.1. The Balaban J connectivity index is 2.77. The highest BCUT2D eigenvalue weighted by molar-refractivity contribution is 5.71. The molecule has 0 aliphatic rings. The first-order valence-corrected chi connectivity index (χ1v) is 5.09. The van der Waals surface area contributed by atoms with Gasteiger partial charge < -0.3 is 15.2 Å². The molecule has 0 aromatic heterocycles. The minimum atomic E-state index is -4.56. The van der Waals surface area contributed by atoms with Gasteiger partial charge in [-0.25, -0.2) is 4.79 Å². The zero-order valence-corrected chi connectivity index (χ0v) is 9.58. The standard InChI is InChI=1S/C11H12F3NO3/c1-2-17-10(16)6-18-7-3-4-9(15)8(5-7)11(12,13)14/h3-5H,2,6,15H2,1H3. The number of esters is 1. The van der Waals surface area contributed by atoms with Gasteiger partial charge in [0.25, 0.3) is 0 Å². The van der Waals surface area contributed by atoms with Crippen LogP contribution in [0.1, 0.15) is 12.5 Å². The summed E-state index contributed by atoms with van der Waals surface area (Å²) in [5.41, 5.74) is 3.82. The summed E-state index contributed by atoms with van der Waals surface area (Å²) < 4.78 is 47.0. The van der Waals surface area contributed by atoms with E-state index in [-0.39, 0.29) is 12.4 Å². The van der Waals surface area contributed by atoms with E-state index in [2.05, 4.69) is 4.74 Å². The van der Waals surface area contributed by atoms with Crippen molar-refractivity contribution in [2.75, 3.05) is 18.9 Å². The highest BCUT2D eigenvalue weighted by Crippen LogP contribution is 2.35. The highest BCUT2D eigenvalue weighted by Gasteiger charge is 2.33. The van der Waals surface area contributed by atoms with Crippen molar-refractivity contribution in [2.24, 2.45) is 0 Å². The average molecular weight is 263 g/mol. The fraction of sp³-hybridized carbons (Fsp3) is 0.364. The number of anilines is 1. The zero-order chi connectivity index (χ0) is 13.8. The van der Waals surface area contributed by atoms with Gasteiger partial charge in [-0.15, -0.1) is 0 Å². The van der Waals surface area contributed by atoms with E-state index in [9.17, 15) is 18.0 Å². The Labute approximate surface area is 101 Å². The van der Waals surface area contributed by atoms with Crippen LogP contribution >= 0.6 is 0 Å². The fourth-order valence-electron chi connectivity index (χ4n) is 1.22.